The molecule has 4 rings (SSSR count). The largest absolute Gasteiger partial charge is 0.394 e. The summed E-state index contributed by atoms with van der Waals surface area (Å²) in [6.45, 7) is 0.166. The van der Waals surface area contributed by atoms with Crippen molar-refractivity contribution in [2.45, 2.75) is 12.5 Å². The number of aliphatic hydroxyl groups is 1. The maximum Gasteiger partial charge on any atom is 0.252 e. The molecule has 0 saturated carbocycles. The highest BCUT2D eigenvalue weighted by Crippen LogP contribution is 2.25. The number of nitrogens with one attached hydrogen (secondary N) is 1. The number of aliphatic imine (C=N–C) groups is 1. The topological polar surface area (TPSA) is 74.6 Å². The van der Waals surface area contributed by atoms with Crippen molar-refractivity contribution in [1.29, 1.82) is 0 Å². The first-order valence-electron chi connectivity index (χ1n) is 10.1. The molecule has 0 unspecified atom stereocenters. The Morgan fingerprint density at radius 2 is 1.87 bits per heavy atom. The Labute approximate surface area is 180 Å². The van der Waals surface area contributed by atoms with Gasteiger partial charge in [-0.25, -0.2) is 4.39 Å². The molecule has 0 aliphatic carbocycles. The molecule has 0 saturated heterocycles. The van der Waals surface area contributed by atoms with Crippen molar-refractivity contribution in [2.75, 3.05) is 13.2 Å². The lowest BCUT2D eigenvalue weighted by molar-refractivity contribution is 0.0915. The van der Waals surface area contributed by atoms with Crippen LogP contribution in [0.25, 0.3) is 5.57 Å². The molecule has 156 valence electrons. The average Bonchev–Trinajstić information content (AvgIpc) is 3.29. The molecule has 2 N–H and O–H groups in total. The molecule has 2 aromatic carbocycles. The standard InChI is InChI=1S/C25H22FN3O2/c26-22-11-6-10-21(25(31)29-20(16-30)14-19-9-4-5-12-27-19)24(22)23-13-18(15-28-23)17-7-2-1-3-8-17/h1-13,20,30H,14-16H2,(H,29,31)/t20-/m1/s1. The molecule has 1 amide bonds. The molecule has 31 heavy (non-hydrogen) atoms. The quantitative estimate of drug-likeness (QED) is 0.621. The number of carbonyl (C=O) groups is 1. The summed E-state index contributed by atoms with van der Waals surface area (Å²) in [6, 6.07) is 19.1. The molecule has 6 heteroatoms. The lowest BCUT2D eigenvalue weighted by atomic mass is 9.99. The normalized spacial score (nSPS) is 14.0. The van der Waals surface area contributed by atoms with E-state index in [9.17, 15) is 14.3 Å². The molecule has 1 aliphatic heterocycles. The fourth-order valence-corrected chi connectivity index (χ4v) is 3.57. The number of nitrogens with zero attached hydrogens (tertiary/aromatic N) is 2. The molecule has 0 spiro atoms. The van der Waals surface area contributed by atoms with E-state index in [-0.39, 0.29) is 17.7 Å². The number of amides is 1. The van der Waals surface area contributed by atoms with Gasteiger partial charge < -0.3 is 10.4 Å². The maximum atomic E-state index is 14.8. The van der Waals surface area contributed by atoms with Crippen molar-refractivity contribution < 1.29 is 14.3 Å². The lowest BCUT2D eigenvalue weighted by Crippen LogP contribution is -2.40. The van der Waals surface area contributed by atoms with Crippen LogP contribution in [0.5, 0.6) is 0 Å². The Morgan fingerprint density at radius 1 is 1.06 bits per heavy atom. The Kier molecular flexibility index (Phi) is 6.29. The van der Waals surface area contributed by atoms with Crippen LogP contribution in [0.1, 0.15) is 27.2 Å². The van der Waals surface area contributed by atoms with Gasteiger partial charge in [-0.15, -0.1) is 0 Å². The SMILES string of the molecule is O=C(N[C@@H](CO)Cc1ccccn1)c1cccc(F)c1C1=NCC(c2ccccc2)=C1. The molecule has 0 radical (unpaired) electrons. The van der Waals surface area contributed by atoms with E-state index in [0.717, 1.165) is 16.8 Å². The fraction of sp³-hybridized carbons (Fsp3) is 0.160. The van der Waals surface area contributed by atoms with Crippen molar-refractivity contribution in [3.8, 4) is 0 Å². The predicted octanol–water partition coefficient (Wildman–Crippen LogP) is 3.44. The number of rotatable bonds is 7. The van der Waals surface area contributed by atoms with Crippen LogP contribution in [0.2, 0.25) is 0 Å². The number of hydrogen-bond acceptors (Lipinski definition) is 4. The Balaban J connectivity index is 1.58. The average molecular weight is 415 g/mol. The van der Waals surface area contributed by atoms with Gasteiger partial charge in [-0.05, 0) is 41.5 Å². The van der Waals surface area contributed by atoms with E-state index in [2.05, 4.69) is 15.3 Å². The Morgan fingerprint density at radius 3 is 2.61 bits per heavy atom. The number of allylic oxidation sites excluding steroid dienone is 1. The van der Waals surface area contributed by atoms with Crippen LogP contribution in [0.3, 0.4) is 0 Å². The highest BCUT2D eigenvalue weighted by molar-refractivity contribution is 6.19. The Hall–Kier alpha value is -3.64. The van der Waals surface area contributed by atoms with Gasteiger partial charge in [0.25, 0.3) is 5.91 Å². The minimum absolute atomic E-state index is 0.167. The van der Waals surface area contributed by atoms with Crippen LogP contribution in [-0.4, -0.2) is 40.9 Å². The van der Waals surface area contributed by atoms with E-state index < -0.39 is 17.8 Å². The van der Waals surface area contributed by atoms with Crippen molar-refractivity contribution in [3.05, 3.63) is 107 Å². The second kappa shape index (κ2) is 9.45. The second-order valence-corrected chi connectivity index (χ2v) is 7.28. The molecule has 5 nitrogen and oxygen atoms in total. The van der Waals surface area contributed by atoms with Crippen LogP contribution < -0.4 is 5.32 Å². The molecule has 3 aromatic rings. The van der Waals surface area contributed by atoms with Gasteiger partial charge >= 0.3 is 0 Å². The zero-order valence-corrected chi connectivity index (χ0v) is 16.8. The molecule has 2 heterocycles. The Bertz CT molecular complexity index is 1130. The van der Waals surface area contributed by atoms with E-state index in [4.69, 9.17) is 0 Å². The van der Waals surface area contributed by atoms with E-state index in [1.807, 2.05) is 48.5 Å². The summed E-state index contributed by atoms with van der Waals surface area (Å²) in [5, 5.41) is 12.5. The first-order chi connectivity index (χ1) is 15.2. The highest BCUT2D eigenvalue weighted by Gasteiger charge is 2.23. The van der Waals surface area contributed by atoms with Gasteiger partial charge in [-0.1, -0.05) is 42.5 Å². The lowest BCUT2D eigenvalue weighted by Gasteiger charge is -2.17. The molecular formula is C25H22FN3O2. The number of benzene rings is 2. The van der Waals surface area contributed by atoms with Crippen molar-refractivity contribution in [3.63, 3.8) is 0 Å². The molecular weight excluding hydrogens is 393 g/mol. The molecule has 0 fully saturated rings. The van der Waals surface area contributed by atoms with Crippen molar-refractivity contribution >= 4 is 17.2 Å². The number of carbonyl (C=O) groups excluding carboxylic acids is 1. The first kappa shape index (κ1) is 20.6. The van der Waals surface area contributed by atoms with Gasteiger partial charge in [0.05, 0.1) is 30.5 Å². The van der Waals surface area contributed by atoms with Gasteiger partial charge in [0.15, 0.2) is 0 Å². The molecule has 1 aliphatic rings. The smallest absolute Gasteiger partial charge is 0.252 e. The van der Waals surface area contributed by atoms with Crippen LogP contribution in [0, 0.1) is 5.82 Å². The summed E-state index contributed by atoms with van der Waals surface area (Å²) in [5.74, 6) is -0.976. The van der Waals surface area contributed by atoms with E-state index >= 15 is 0 Å². The summed E-state index contributed by atoms with van der Waals surface area (Å²) in [7, 11) is 0. The third kappa shape index (κ3) is 4.75. The third-order valence-electron chi connectivity index (χ3n) is 5.13. The molecule has 1 aromatic heterocycles. The van der Waals surface area contributed by atoms with Crippen LogP contribution >= 0.6 is 0 Å². The van der Waals surface area contributed by atoms with Crippen molar-refractivity contribution in [1.82, 2.24) is 10.3 Å². The van der Waals surface area contributed by atoms with Gasteiger partial charge in [-0.3, -0.25) is 14.8 Å². The fourth-order valence-electron chi connectivity index (χ4n) is 3.57. The maximum absolute atomic E-state index is 14.8. The van der Waals surface area contributed by atoms with E-state index in [0.29, 0.717) is 18.7 Å². The van der Waals surface area contributed by atoms with Gasteiger partial charge in [0, 0.05) is 23.9 Å². The number of aromatic nitrogens is 1. The van der Waals surface area contributed by atoms with Crippen LogP contribution in [-0.2, 0) is 6.42 Å². The number of hydrogen-bond donors (Lipinski definition) is 2. The second-order valence-electron chi connectivity index (χ2n) is 7.28. The summed E-state index contributed by atoms with van der Waals surface area (Å²) >= 11 is 0. The van der Waals surface area contributed by atoms with Gasteiger partial charge in [0.1, 0.15) is 5.82 Å². The third-order valence-corrected chi connectivity index (χ3v) is 5.13. The van der Waals surface area contributed by atoms with E-state index in [1.54, 1.807) is 18.3 Å². The van der Waals surface area contributed by atoms with Gasteiger partial charge in [-0.2, -0.15) is 0 Å². The first-order valence-corrected chi connectivity index (χ1v) is 10.1. The summed E-state index contributed by atoms with van der Waals surface area (Å²) in [6.07, 6.45) is 3.85. The number of halogens is 1. The minimum atomic E-state index is -0.542. The summed E-state index contributed by atoms with van der Waals surface area (Å²) in [4.78, 5) is 21.7. The number of pyridine rings is 1. The monoisotopic (exact) mass is 415 g/mol. The predicted molar refractivity (Wildman–Crippen MR) is 119 cm³/mol. The zero-order valence-electron chi connectivity index (χ0n) is 16.8. The minimum Gasteiger partial charge on any atom is -0.394 e. The molecule has 1 atom stereocenters. The highest BCUT2D eigenvalue weighted by atomic mass is 19.1. The molecule has 0 bridgehead atoms. The number of aliphatic hydroxyl groups excluding tert-OH is 1. The van der Waals surface area contributed by atoms with Crippen LogP contribution in [0.4, 0.5) is 4.39 Å². The summed E-state index contributed by atoms with van der Waals surface area (Å²) < 4.78 is 14.8. The van der Waals surface area contributed by atoms with Gasteiger partial charge in [0.2, 0.25) is 0 Å². The summed E-state index contributed by atoms with van der Waals surface area (Å²) in [5.41, 5.74) is 3.52. The van der Waals surface area contributed by atoms with Crippen LogP contribution in [0.15, 0.2) is 84.0 Å². The zero-order chi connectivity index (χ0) is 21.6. The van der Waals surface area contributed by atoms with E-state index in [1.165, 1.54) is 12.1 Å². The van der Waals surface area contributed by atoms with Crippen molar-refractivity contribution in [2.24, 2.45) is 4.99 Å².